The number of hydrogen-bond donors (Lipinski definition) is 4. The third kappa shape index (κ3) is 3.76. The highest BCUT2D eigenvalue weighted by atomic mass is 19.2. The maximum absolute atomic E-state index is 13.5. The molecular weight excluding hydrogens is 351 g/mol. The molecule has 2 aromatic rings. The summed E-state index contributed by atoms with van der Waals surface area (Å²) in [4.78, 5) is 22.6. The van der Waals surface area contributed by atoms with E-state index in [2.05, 4.69) is 5.32 Å². The monoisotopic (exact) mass is 360 g/mol. The molecule has 0 unspecified atom stereocenters. The van der Waals surface area contributed by atoms with Gasteiger partial charge in [0.2, 0.25) is 5.82 Å². The van der Waals surface area contributed by atoms with Crippen molar-refractivity contribution in [3.05, 3.63) is 58.9 Å². The summed E-state index contributed by atoms with van der Waals surface area (Å²) in [6.07, 6.45) is 0. The Balaban J connectivity index is 2.20. The number of carbonyl (C=O) groups is 2. The van der Waals surface area contributed by atoms with Gasteiger partial charge >= 0.3 is 6.03 Å². The summed E-state index contributed by atoms with van der Waals surface area (Å²) >= 11 is 0. The molecule has 2 rings (SSSR count). The lowest BCUT2D eigenvalue weighted by molar-refractivity contribution is 0.0962. The molecule has 11 heteroatoms. The van der Waals surface area contributed by atoms with Crippen molar-refractivity contribution in [2.45, 2.75) is 0 Å². The Labute approximate surface area is 136 Å². The fourth-order valence-electron chi connectivity index (χ4n) is 1.79. The Bertz CT molecular complexity index is 830. The number of anilines is 2. The molecule has 0 spiro atoms. The molecule has 0 atom stereocenters. The minimum Gasteiger partial charge on any atom is -0.351 e. The lowest BCUT2D eigenvalue weighted by atomic mass is 10.2. The van der Waals surface area contributed by atoms with Crippen molar-refractivity contribution < 1.29 is 31.5 Å². The maximum Gasteiger partial charge on any atom is 0.316 e. The van der Waals surface area contributed by atoms with Crippen molar-refractivity contribution in [1.82, 2.24) is 5.43 Å². The fraction of sp³-hybridized carbons (Fsp3) is 0. The first-order valence-electron chi connectivity index (χ1n) is 6.46. The number of halogens is 5. The summed E-state index contributed by atoms with van der Waals surface area (Å²) in [6.45, 7) is 0. The molecule has 3 amide bonds. The molecule has 132 valence electrons. The fourth-order valence-corrected chi connectivity index (χ4v) is 1.79. The maximum atomic E-state index is 13.5. The Hall–Kier alpha value is -3.37. The number of carbonyl (C=O) groups excluding carboxylic acids is 2. The number of primary amides is 1. The zero-order valence-electron chi connectivity index (χ0n) is 12.1. The highest BCUT2D eigenvalue weighted by Gasteiger charge is 2.26. The number of nitrogens with one attached hydrogen (secondary N) is 3. The molecule has 0 heterocycles. The van der Waals surface area contributed by atoms with Crippen molar-refractivity contribution in [2.75, 3.05) is 10.7 Å². The first-order chi connectivity index (χ1) is 11.7. The van der Waals surface area contributed by atoms with Crippen LogP contribution in [0, 0.1) is 29.1 Å². The average Bonchev–Trinajstić information content (AvgIpc) is 2.57. The topological polar surface area (TPSA) is 96.2 Å². The van der Waals surface area contributed by atoms with E-state index in [0.29, 0.717) is 0 Å². The minimum absolute atomic E-state index is 0.0948. The standard InChI is InChI=1S/C14H9F5N4O2/c15-7-8(16)10(18)12(11(19)9(7)17)22-23-13(24)5-2-1-3-6(4-5)21-14(20)25/h1-4,22H,(H,23,24)(H3,20,21,25). The van der Waals surface area contributed by atoms with Crippen LogP contribution in [0.5, 0.6) is 0 Å². The quantitative estimate of drug-likeness (QED) is 0.292. The van der Waals surface area contributed by atoms with E-state index in [-0.39, 0.29) is 11.3 Å². The molecule has 25 heavy (non-hydrogen) atoms. The van der Waals surface area contributed by atoms with E-state index in [1.165, 1.54) is 24.3 Å². The number of nitrogens with two attached hydrogens (primary N) is 1. The molecule has 0 aliphatic rings. The van der Waals surface area contributed by atoms with E-state index in [9.17, 15) is 31.5 Å². The molecule has 0 fully saturated rings. The Morgan fingerprint density at radius 1 is 0.880 bits per heavy atom. The first-order valence-corrected chi connectivity index (χ1v) is 6.46. The SMILES string of the molecule is NC(=O)Nc1cccc(C(=O)NNc2c(F)c(F)c(F)c(F)c2F)c1. The van der Waals surface area contributed by atoms with Gasteiger partial charge in [0.15, 0.2) is 23.3 Å². The Morgan fingerprint density at radius 2 is 1.44 bits per heavy atom. The van der Waals surface area contributed by atoms with Crippen LogP contribution in [0.25, 0.3) is 0 Å². The Kier molecular flexibility index (Phi) is 5.05. The number of urea groups is 1. The van der Waals surface area contributed by atoms with E-state index in [1.807, 2.05) is 0 Å². The van der Waals surface area contributed by atoms with Gasteiger partial charge in [0.1, 0.15) is 5.69 Å². The molecule has 0 saturated heterocycles. The highest BCUT2D eigenvalue weighted by Crippen LogP contribution is 2.26. The molecule has 0 bridgehead atoms. The van der Waals surface area contributed by atoms with Gasteiger partial charge in [-0.15, -0.1) is 0 Å². The van der Waals surface area contributed by atoms with E-state index in [0.717, 1.165) is 0 Å². The molecule has 0 aliphatic heterocycles. The number of hydrogen-bond acceptors (Lipinski definition) is 3. The van der Waals surface area contributed by atoms with E-state index >= 15 is 0 Å². The Morgan fingerprint density at radius 3 is 2.00 bits per heavy atom. The summed E-state index contributed by atoms with van der Waals surface area (Å²) in [5.74, 6) is -11.9. The summed E-state index contributed by atoms with van der Waals surface area (Å²) in [6, 6.07) is 4.30. The molecule has 0 aromatic heterocycles. The van der Waals surface area contributed by atoms with Crippen LogP contribution in [0.2, 0.25) is 0 Å². The molecule has 0 radical (unpaired) electrons. The van der Waals surface area contributed by atoms with Crippen molar-refractivity contribution in [3.63, 3.8) is 0 Å². The lowest BCUT2D eigenvalue weighted by Crippen LogP contribution is -2.31. The summed E-state index contributed by atoms with van der Waals surface area (Å²) < 4.78 is 66.0. The minimum atomic E-state index is -2.32. The van der Waals surface area contributed by atoms with Gasteiger partial charge < -0.3 is 11.1 Å². The predicted octanol–water partition coefficient (Wildman–Crippen LogP) is 2.63. The molecule has 5 N–H and O–H groups in total. The van der Waals surface area contributed by atoms with E-state index in [4.69, 9.17) is 5.73 Å². The van der Waals surface area contributed by atoms with Crippen LogP contribution in [0.3, 0.4) is 0 Å². The van der Waals surface area contributed by atoms with Gasteiger partial charge in [-0.05, 0) is 18.2 Å². The second-order valence-corrected chi connectivity index (χ2v) is 4.59. The average molecular weight is 360 g/mol. The molecule has 0 aliphatic carbocycles. The van der Waals surface area contributed by atoms with Gasteiger partial charge in [0.05, 0.1) is 0 Å². The van der Waals surface area contributed by atoms with E-state index < -0.39 is 46.7 Å². The number of benzene rings is 2. The summed E-state index contributed by atoms with van der Waals surface area (Å²) in [5.41, 5.74) is 6.97. The third-order valence-corrected chi connectivity index (χ3v) is 2.90. The van der Waals surface area contributed by atoms with Gasteiger partial charge in [0, 0.05) is 11.3 Å². The second-order valence-electron chi connectivity index (χ2n) is 4.59. The number of hydrazine groups is 1. The molecule has 0 saturated carbocycles. The second kappa shape index (κ2) is 7.03. The van der Waals surface area contributed by atoms with Gasteiger partial charge in [-0.2, -0.15) is 0 Å². The van der Waals surface area contributed by atoms with Crippen LogP contribution in [-0.4, -0.2) is 11.9 Å². The number of amides is 3. The van der Waals surface area contributed by atoms with Crippen molar-refractivity contribution in [2.24, 2.45) is 5.73 Å². The van der Waals surface area contributed by atoms with Gasteiger partial charge in [-0.1, -0.05) is 6.07 Å². The zero-order valence-corrected chi connectivity index (χ0v) is 12.1. The highest BCUT2D eigenvalue weighted by molar-refractivity contribution is 5.97. The van der Waals surface area contributed by atoms with Gasteiger partial charge in [0.25, 0.3) is 5.91 Å². The molecule has 6 nitrogen and oxygen atoms in total. The summed E-state index contributed by atoms with van der Waals surface area (Å²) in [5, 5.41) is 2.19. The first kappa shape index (κ1) is 18.0. The predicted molar refractivity (Wildman–Crippen MR) is 77.0 cm³/mol. The van der Waals surface area contributed by atoms with Gasteiger partial charge in [-0.25, -0.2) is 26.7 Å². The molecule has 2 aromatic carbocycles. The smallest absolute Gasteiger partial charge is 0.316 e. The third-order valence-electron chi connectivity index (χ3n) is 2.90. The van der Waals surface area contributed by atoms with Crippen LogP contribution in [0.4, 0.5) is 38.1 Å². The van der Waals surface area contributed by atoms with Crippen molar-refractivity contribution >= 4 is 23.3 Å². The van der Waals surface area contributed by atoms with Gasteiger partial charge in [-0.3, -0.25) is 15.6 Å². The lowest BCUT2D eigenvalue weighted by Gasteiger charge is -2.12. The van der Waals surface area contributed by atoms with E-state index in [1.54, 1.807) is 10.9 Å². The van der Waals surface area contributed by atoms with Crippen LogP contribution >= 0.6 is 0 Å². The van der Waals surface area contributed by atoms with Crippen molar-refractivity contribution in [3.8, 4) is 0 Å². The summed E-state index contributed by atoms with van der Waals surface area (Å²) in [7, 11) is 0. The van der Waals surface area contributed by atoms with Crippen LogP contribution in [-0.2, 0) is 0 Å². The number of rotatable bonds is 4. The van der Waals surface area contributed by atoms with Crippen LogP contribution in [0.15, 0.2) is 24.3 Å². The molecular formula is C14H9F5N4O2. The van der Waals surface area contributed by atoms with Crippen LogP contribution < -0.4 is 21.9 Å². The van der Waals surface area contributed by atoms with Crippen LogP contribution in [0.1, 0.15) is 10.4 Å². The normalized spacial score (nSPS) is 10.3. The van der Waals surface area contributed by atoms with Crippen molar-refractivity contribution in [1.29, 1.82) is 0 Å². The zero-order chi connectivity index (χ0) is 18.7. The largest absolute Gasteiger partial charge is 0.351 e.